The molecule has 112 valence electrons. The number of carboxylic acids is 1. The molecule has 0 unspecified atom stereocenters. The van der Waals surface area contributed by atoms with Gasteiger partial charge in [0, 0.05) is 12.1 Å². The van der Waals surface area contributed by atoms with Crippen LogP contribution in [0.2, 0.25) is 0 Å². The Bertz CT molecular complexity index is 426. The molecule has 0 heterocycles. The lowest BCUT2D eigenvalue weighted by atomic mass is 10.1. The molecule has 0 aromatic heterocycles. The molecule has 1 aromatic carbocycles. The number of aromatic carboxylic acids is 1. The van der Waals surface area contributed by atoms with Crippen molar-refractivity contribution in [2.45, 2.75) is 32.2 Å². The molecule has 0 bridgehead atoms. The summed E-state index contributed by atoms with van der Waals surface area (Å²) in [4.78, 5) is 10.8. The maximum atomic E-state index is 13.5. The normalized spacial score (nSPS) is 10.7. The number of carbonyl (C=O) groups is 1. The van der Waals surface area contributed by atoms with Crippen molar-refractivity contribution in [3.63, 3.8) is 0 Å². The van der Waals surface area contributed by atoms with Crippen LogP contribution in [-0.4, -0.2) is 29.6 Å². The van der Waals surface area contributed by atoms with E-state index in [0.717, 1.165) is 13.0 Å². The molecular weight excluding hydrogens is 277 g/mol. The Morgan fingerprint density at radius 3 is 2.75 bits per heavy atom. The van der Waals surface area contributed by atoms with Gasteiger partial charge in [-0.1, -0.05) is 12.8 Å². The number of thioether (sulfide) groups is 1. The molecular formula is C15H22FNO2S. The Hall–Kier alpha value is -1.07. The fraction of sp³-hybridized carbons (Fsp3) is 0.533. The molecule has 0 aliphatic rings. The summed E-state index contributed by atoms with van der Waals surface area (Å²) in [5.41, 5.74) is 0.535. The summed E-state index contributed by atoms with van der Waals surface area (Å²) in [7, 11) is 0. The number of halogens is 1. The van der Waals surface area contributed by atoms with Crippen LogP contribution in [0, 0.1) is 5.82 Å². The van der Waals surface area contributed by atoms with Crippen LogP contribution in [0.1, 0.15) is 41.6 Å². The van der Waals surface area contributed by atoms with Gasteiger partial charge >= 0.3 is 5.97 Å². The maximum Gasteiger partial charge on any atom is 0.335 e. The SMILES string of the molecule is CSCCCCCCNCc1cc(C(=O)O)ccc1F. The lowest BCUT2D eigenvalue weighted by Crippen LogP contribution is -2.16. The molecule has 0 radical (unpaired) electrons. The highest BCUT2D eigenvalue weighted by Crippen LogP contribution is 2.11. The Morgan fingerprint density at radius 2 is 2.05 bits per heavy atom. The second-order valence-corrected chi connectivity index (χ2v) is 5.68. The minimum atomic E-state index is -1.03. The quantitative estimate of drug-likeness (QED) is 0.649. The molecule has 0 atom stereocenters. The van der Waals surface area contributed by atoms with Crippen LogP contribution in [0.25, 0.3) is 0 Å². The predicted octanol–water partition coefficient (Wildman–Crippen LogP) is 3.54. The minimum Gasteiger partial charge on any atom is -0.478 e. The first-order chi connectivity index (χ1) is 9.65. The van der Waals surface area contributed by atoms with Gasteiger partial charge in [-0.2, -0.15) is 11.8 Å². The second kappa shape index (κ2) is 9.77. The summed E-state index contributed by atoms with van der Waals surface area (Å²) >= 11 is 1.87. The van der Waals surface area contributed by atoms with Crippen molar-refractivity contribution in [3.8, 4) is 0 Å². The van der Waals surface area contributed by atoms with E-state index >= 15 is 0 Å². The fourth-order valence-corrected chi connectivity index (χ4v) is 2.41. The average Bonchev–Trinajstić information content (AvgIpc) is 2.43. The van der Waals surface area contributed by atoms with Gasteiger partial charge in [-0.15, -0.1) is 0 Å². The summed E-state index contributed by atoms with van der Waals surface area (Å²) in [5, 5.41) is 12.0. The molecule has 2 N–H and O–H groups in total. The Labute approximate surface area is 124 Å². The van der Waals surface area contributed by atoms with Crippen LogP contribution >= 0.6 is 11.8 Å². The highest BCUT2D eigenvalue weighted by atomic mass is 32.2. The highest BCUT2D eigenvalue weighted by molar-refractivity contribution is 7.98. The molecule has 0 saturated carbocycles. The fourth-order valence-electron chi connectivity index (χ4n) is 1.92. The Morgan fingerprint density at radius 1 is 1.30 bits per heavy atom. The lowest BCUT2D eigenvalue weighted by molar-refractivity contribution is 0.0696. The number of unbranched alkanes of at least 4 members (excludes halogenated alkanes) is 3. The Balaban J connectivity index is 2.24. The summed E-state index contributed by atoms with van der Waals surface area (Å²) in [6.45, 7) is 1.20. The molecule has 0 amide bonds. The van der Waals surface area contributed by atoms with Gasteiger partial charge in [-0.05, 0) is 49.6 Å². The maximum absolute atomic E-state index is 13.5. The lowest BCUT2D eigenvalue weighted by Gasteiger charge is -2.07. The summed E-state index contributed by atoms with van der Waals surface area (Å²) in [6.07, 6.45) is 6.82. The molecule has 0 spiro atoms. The van der Waals surface area contributed by atoms with E-state index in [4.69, 9.17) is 5.11 Å². The van der Waals surface area contributed by atoms with E-state index in [1.807, 2.05) is 11.8 Å². The van der Waals surface area contributed by atoms with Crippen LogP contribution in [0.3, 0.4) is 0 Å². The van der Waals surface area contributed by atoms with E-state index in [0.29, 0.717) is 12.1 Å². The van der Waals surface area contributed by atoms with Gasteiger partial charge in [-0.3, -0.25) is 0 Å². The van der Waals surface area contributed by atoms with Crippen LogP contribution in [-0.2, 0) is 6.54 Å². The zero-order chi connectivity index (χ0) is 14.8. The zero-order valence-corrected chi connectivity index (χ0v) is 12.6. The number of carboxylic acid groups (broad SMARTS) is 1. The third-order valence-electron chi connectivity index (χ3n) is 3.06. The molecule has 0 fully saturated rings. The summed E-state index contributed by atoms with van der Waals surface area (Å²) < 4.78 is 13.5. The van der Waals surface area contributed by atoms with Gasteiger partial charge in [-0.25, -0.2) is 9.18 Å². The van der Waals surface area contributed by atoms with Crippen LogP contribution in [0.5, 0.6) is 0 Å². The van der Waals surface area contributed by atoms with Gasteiger partial charge < -0.3 is 10.4 Å². The van der Waals surface area contributed by atoms with Crippen LogP contribution in [0.15, 0.2) is 18.2 Å². The van der Waals surface area contributed by atoms with Gasteiger partial charge in [0.05, 0.1) is 5.56 Å². The number of hydrogen-bond acceptors (Lipinski definition) is 3. The third-order valence-corrected chi connectivity index (χ3v) is 3.76. The largest absolute Gasteiger partial charge is 0.478 e. The summed E-state index contributed by atoms with van der Waals surface area (Å²) in [6, 6.07) is 3.89. The highest BCUT2D eigenvalue weighted by Gasteiger charge is 2.07. The molecule has 20 heavy (non-hydrogen) atoms. The van der Waals surface area contributed by atoms with Crippen LogP contribution < -0.4 is 5.32 Å². The molecule has 0 aliphatic carbocycles. The molecule has 0 saturated heterocycles. The van der Waals surface area contributed by atoms with E-state index in [9.17, 15) is 9.18 Å². The van der Waals surface area contributed by atoms with Crippen LogP contribution in [0.4, 0.5) is 4.39 Å². The van der Waals surface area contributed by atoms with Crippen molar-refractivity contribution in [2.75, 3.05) is 18.6 Å². The number of rotatable bonds is 10. The third kappa shape index (κ3) is 6.39. The summed E-state index contributed by atoms with van der Waals surface area (Å²) in [5.74, 6) is -0.178. The monoisotopic (exact) mass is 299 g/mol. The van der Waals surface area contributed by atoms with Crippen molar-refractivity contribution >= 4 is 17.7 Å². The van der Waals surface area contributed by atoms with E-state index in [-0.39, 0.29) is 11.4 Å². The van der Waals surface area contributed by atoms with Crippen molar-refractivity contribution in [1.82, 2.24) is 5.32 Å². The standard InChI is InChI=1S/C15H22FNO2S/c1-20-9-5-3-2-4-8-17-11-13-10-12(15(18)19)6-7-14(13)16/h6-7,10,17H,2-5,8-9,11H2,1H3,(H,18,19). The molecule has 0 aliphatic heterocycles. The number of hydrogen-bond donors (Lipinski definition) is 2. The first-order valence-electron chi connectivity index (χ1n) is 6.86. The number of nitrogens with one attached hydrogen (secondary N) is 1. The molecule has 3 nitrogen and oxygen atoms in total. The Kier molecular flexibility index (Phi) is 8.30. The van der Waals surface area contributed by atoms with Crippen molar-refractivity contribution < 1.29 is 14.3 Å². The van der Waals surface area contributed by atoms with E-state index in [1.165, 1.54) is 43.2 Å². The predicted molar refractivity (Wildman–Crippen MR) is 81.9 cm³/mol. The van der Waals surface area contributed by atoms with E-state index in [2.05, 4.69) is 11.6 Å². The van der Waals surface area contributed by atoms with Gasteiger partial charge in [0.1, 0.15) is 5.82 Å². The first-order valence-corrected chi connectivity index (χ1v) is 8.26. The number of benzene rings is 1. The first kappa shape index (κ1) is 17.0. The van der Waals surface area contributed by atoms with Gasteiger partial charge in [0.15, 0.2) is 0 Å². The zero-order valence-electron chi connectivity index (χ0n) is 11.8. The molecule has 1 aromatic rings. The molecule has 5 heteroatoms. The van der Waals surface area contributed by atoms with Crippen molar-refractivity contribution in [2.24, 2.45) is 0 Å². The topological polar surface area (TPSA) is 49.3 Å². The van der Waals surface area contributed by atoms with E-state index < -0.39 is 5.97 Å². The average molecular weight is 299 g/mol. The van der Waals surface area contributed by atoms with Crippen molar-refractivity contribution in [3.05, 3.63) is 35.1 Å². The van der Waals surface area contributed by atoms with Gasteiger partial charge in [0.25, 0.3) is 0 Å². The molecule has 1 rings (SSSR count). The van der Waals surface area contributed by atoms with Crippen molar-refractivity contribution in [1.29, 1.82) is 0 Å². The smallest absolute Gasteiger partial charge is 0.335 e. The van der Waals surface area contributed by atoms with Gasteiger partial charge in [0.2, 0.25) is 0 Å². The van der Waals surface area contributed by atoms with E-state index in [1.54, 1.807) is 0 Å². The second-order valence-electron chi connectivity index (χ2n) is 4.70. The minimum absolute atomic E-state index is 0.125.